The Hall–Kier alpha value is -2.49. The third-order valence-electron chi connectivity index (χ3n) is 3.95. The first-order chi connectivity index (χ1) is 13.7. The van der Waals surface area contributed by atoms with Crippen LogP contribution in [0.25, 0.3) is 0 Å². The molecule has 0 aliphatic heterocycles. The number of carbonyl (C=O) groups is 1. The molecule has 0 aliphatic carbocycles. The van der Waals surface area contributed by atoms with Gasteiger partial charge in [-0.15, -0.1) is 24.0 Å². The molecule has 0 fully saturated rings. The Morgan fingerprint density at radius 2 is 1.66 bits per heavy atom. The highest BCUT2D eigenvalue weighted by Crippen LogP contribution is 2.28. The standard InChI is InChI=1S/C21H28N4O3.HI/c1-4-23-20(26)15-28-18-11-10-17(12-19(18)27-3)14-25-21(22-2)24-13-16-8-6-5-7-9-16;/h5-12H,4,13-15H2,1-3H3,(H,23,26)(H2,22,24,25);1H. The first-order valence-electron chi connectivity index (χ1n) is 9.21. The molecule has 0 heterocycles. The summed E-state index contributed by atoms with van der Waals surface area (Å²) in [6.07, 6.45) is 0. The third kappa shape index (κ3) is 8.59. The molecule has 1 amide bonds. The molecular weight excluding hydrogens is 483 g/mol. The van der Waals surface area contributed by atoms with Crippen molar-refractivity contribution in [2.24, 2.45) is 4.99 Å². The maximum absolute atomic E-state index is 11.6. The molecule has 29 heavy (non-hydrogen) atoms. The van der Waals surface area contributed by atoms with Gasteiger partial charge >= 0.3 is 0 Å². The van der Waals surface area contributed by atoms with Gasteiger partial charge in [0, 0.05) is 26.7 Å². The van der Waals surface area contributed by atoms with Gasteiger partial charge in [0.05, 0.1) is 7.11 Å². The molecule has 2 aromatic carbocycles. The van der Waals surface area contributed by atoms with Crippen LogP contribution in [-0.2, 0) is 17.9 Å². The predicted octanol–water partition coefficient (Wildman–Crippen LogP) is 2.69. The largest absolute Gasteiger partial charge is 0.493 e. The minimum Gasteiger partial charge on any atom is -0.493 e. The summed E-state index contributed by atoms with van der Waals surface area (Å²) in [6, 6.07) is 15.7. The van der Waals surface area contributed by atoms with E-state index >= 15 is 0 Å². The Labute approximate surface area is 189 Å². The molecule has 0 saturated carbocycles. The number of halogens is 1. The topological polar surface area (TPSA) is 84.0 Å². The summed E-state index contributed by atoms with van der Waals surface area (Å²) in [5, 5.41) is 9.24. The van der Waals surface area contributed by atoms with E-state index < -0.39 is 0 Å². The van der Waals surface area contributed by atoms with E-state index in [9.17, 15) is 4.79 Å². The van der Waals surface area contributed by atoms with Crippen molar-refractivity contribution in [1.82, 2.24) is 16.0 Å². The molecule has 7 nitrogen and oxygen atoms in total. The minimum atomic E-state index is -0.163. The first-order valence-corrected chi connectivity index (χ1v) is 9.21. The van der Waals surface area contributed by atoms with Crippen molar-refractivity contribution in [3.05, 3.63) is 59.7 Å². The van der Waals surface area contributed by atoms with Crippen LogP contribution >= 0.6 is 24.0 Å². The van der Waals surface area contributed by atoms with Gasteiger partial charge in [-0.2, -0.15) is 0 Å². The molecule has 0 bridgehead atoms. The monoisotopic (exact) mass is 512 g/mol. The number of nitrogens with one attached hydrogen (secondary N) is 3. The summed E-state index contributed by atoms with van der Waals surface area (Å²) >= 11 is 0. The second kappa shape index (κ2) is 13.6. The van der Waals surface area contributed by atoms with E-state index in [0.29, 0.717) is 37.1 Å². The molecule has 8 heteroatoms. The number of aliphatic imine (C=N–C) groups is 1. The maximum Gasteiger partial charge on any atom is 0.257 e. The molecule has 2 rings (SSSR count). The quantitative estimate of drug-likeness (QED) is 0.274. The lowest BCUT2D eigenvalue weighted by Gasteiger charge is -2.14. The zero-order valence-corrected chi connectivity index (χ0v) is 19.4. The fraction of sp³-hybridized carbons (Fsp3) is 0.333. The highest BCUT2D eigenvalue weighted by Gasteiger charge is 2.09. The highest BCUT2D eigenvalue weighted by molar-refractivity contribution is 14.0. The van der Waals surface area contributed by atoms with E-state index in [1.807, 2.05) is 37.3 Å². The Balaban J connectivity index is 0.00000420. The Morgan fingerprint density at radius 3 is 2.28 bits per heavy atom. The molecule has 0 saturated heterocycles. The molecular formula is C21H29IN4O3. The number of carbonyl (C=O) groups excluding carboxylic acids is 1. The number of rotatable bonds is 9. The van der Waals surface area contributed by atoms with Gasteiger partial charge in [-0.05, 0) is 30.2 Å². The lowest BCUT2D eigenvalue weighted by Crippen LogP contribution is -2.36. The lowest BCUT2D eigenvalue weighted by atomic mass is 10.2. The zero-order valence-electron chi connectivity index (χ0n) is 17.0. The Bertz CT molecular complexity index is 785. The smallest absolute Gasteiger partial charge is 0.257 e. The van der Waals surface area contributed by atoms with E-state index in [0.717, 1.165) is 5.56 Å². The van der Waals surface area contributed by atoms with Crippen LogP contribution in [0.15, 0.2) is 53.5 Å². The molecule has 0 radical (unpaired) electrons. The predicted molar refractivity (Wildman–Crippen MR) is 126 cm³/mol. The van der Waals surface area contributed by atoms with Crippen LogP contribution in [0.3, 0.4) is 0 Å². The molecule has 0 aliphatic rings. The van der Waals surface area contributed by atoms with E-state index in [-0.39, 0.29) is 36.5 Å². The maximum atomic E-state index is 11.6. The second-order valence-electron chi connectivity index (χ2n) is 5.99. The van der Waals surface area contributed by atoms with E-state index in [2.05, 4.69) is 33.1 Å². The van der Waals surface area contributed by atoms with Crippen molar-refractivity contribution in [1.29, 1.82) is 0 Å². The van der Waals surface area contributed by atoms with Gasteiger partial charge in [0.15, 0.2) is 24.1 Å². The van der Waals surface area contributed by atoms with Gasteiger partial charge < -0.3 is 25.4 Å². The Morgan fingerprint density at radius 1 is 0.966 bits per heavy atom. The minimum absolute atomic E-state index is 0. The molecule has 2 aromatic rings. The van der Waals surface area contributed by atoms with Gasteiger partial charge in [-0.1, -0.05) is 36.4 Å². The van der Waals surface area contributed by atoms with Crippen LogP contribution < -0.4 is 25.4 Å². The van der Waals surface area contributed by atoms with Crippen molar-refractivity contribution in [2.45, 2.75) is 20.0 Å². The number of ether oxygens (including phenoxy) is 2. The molecule has 3 N–H and O–H groups in total. The summed E-state index contributed by atoms with van der Waals surface area (Å²) in [7, 11) is 3.31. The van der Waals surface area contributed by atoms with E-state index in [1.54, 1.807) is 20.2 Å². The van der Waals surface area contributed by atoms with Gasteiger partial charge in [-0.25, -0.2) is 0 Å². The average molecular weight is 512 g/mol. The van der Waals surface area contributed by atoms with Gasteiger partial charge in [0.1, 0.15) is 0 Å². The highest BCUT2D eigenvalue weighted by atomic mass is 127. The van der Waals surface area contributed by atoms with E-state index in [4.69, 9.17) is 9.47 Å². The van der Waals surface area contributed by atoms with Gasteiger partial charge in [0.2, 0.25) is 0 Å². The number of likely N-dealkylation sites (N-methyl/N-ethyl adjacent to an activating group) is 1. The number of guanidine groups is 1. The fourth-order valence-electron chi connectivity index (χ4n) is 2.52. The number of nitrogens with zero attached hydrogens (tertiary/aromatic N) is 1. The number of benzene rings is 2. The van der Waals surface area contributed by atoms with Crippen LogP contribution in [0, 0.1) is 0 Å². The van der Waals surface area contributed by atoms with Crippen molar-refractivity contribution in [3.63, 3.8) is 0 Å². The van der Waals surface area contributed by atoms with Crippen molar-refractivity contribution in [3.8, 4) is 11.5 Å². The average Bonchev–Trinajstić information content (AvgIpc) is 2.73. The van der Waals surface area contributed by atoms with Crippen LogP contribution in [0.1, 0.15) is 18.1 Å². The summed E-state index contributed by atoms with van der Waals surface area (Å²) < 4.78 is 10.9. The van der Waals surface area contributed by atoms with Crippen LogP contribution in [-0.4, -0.2) is 39.2 Å². The third-order valence-corrected chi connectivity index (χ3v) is 3.95. The fourth-order valence-corrected chi connectivity index (χ4v) is 2.52. The SMILES string of the molecule is CCNC(=O)COc1ccc(CNC(=NC)NCc2ccccc2)cc1OC.I. The number of methoxy groups -OCH3 is 1. The molecule has 0 spiro atoms. The summed E-state index contributed by atoms with van der Waals surface area (Å²) in [5.41, 5.74) is 2.19. The number of hydrogen-bond donors (Lipinski definition) is 3. The summed E-state index contributed by atoms with van der Waals surface area (Å²) in [4.78, 5) is 15.8. The van der Waals surface area contributed by atoms with Crippen molar-refractivity contribution in [2.75, 3.05) is 27.3 Å². The number of amides is 1. The zero-order chi connectivity index (χ0) is 20.2. The molecule has 0 unspecified atom stereocenters. The Kier molecular flexibility index (Phi) is 11.6. The van der Waals surface area contributed by atoms with Crippen LogP contribution in [0.4, 0.5) is 0 Å². The summed E-state index contributed by atoms with van der Waals surface area (Å²) in [5.74, 6) is 1.66. The van der Waals surface area contributed by atoms with Crippen molar-refractivity contribution < 1.29 is 14.3 Å². The molecule has 0 atom stereocenters. The van der Waals surface area contributed by atoms with Crippen molar-refractivity contribution >= 4 is 35.8 Å². The second-order valence-corrected chi connectivity index (χ2v) is 5.99. The van der Waals surface area contributed by atoms with Crippen LogP contribution in [0.5, 0.6) is 11.5 Å². The molecule has 158 valence electrons. The first kappa shape index (κ1) is 24.5. The normalized spacial score (nSPS) is 10.5. The van der Waals surface area contributed by atoms with E-state index in [1.165, 1.54) is 5.56 Å². The number of hydrogen-bond acceptors (Lipinski definition) is 4. The molecule has 0 aromatic heterocycles. The van der Waals surface area contributed by atoms with Gasteiger partial charge in [0.25, 0.3) is 5.91 Å². The lowest BCUT2D eigenvalue weighted by molar-refractivity contribution is -0.123. The summed E-state index contributed by atoms with van der Waals surface area (Å²) in [6.45, 7) is 3.65. The van der Waals surface area contributed by atoms with Crippen LogP contribution in [0.2, 0.25) is 0 Å². The van der Waals surface area contributed by atoms with Gasteiger partial charge in [-0.3, -0.25) is 9.79 Å².